The van der Waals surface area contributed by atoms with Crippen molar-refractivity contribution in [2.45, 2.75) is 25.2 Å². The second-order valence-corrected chi connectivity index (χ2v) is 10.3. The Morgan fingerprint density at radius 1 is 1.18 bits per heavy atom. The number of methoxy groups -OCH3 is 1. The van der Waals surface area contributed by atoms with Crippen molar-refractivity contribution in [2.24, 2.45) is 0 Å². The first kappa shape index (κ1) is 27.9. The van der Waals surface area contributed by atoms with Crippen molar-refractivity contribution in [1.82, 2.24) is 9.80 Å². The molecule has 1 aromatic heterocycles. The van der Waals surface area contributed by atoms with E-state index in [2.05, 4.69) is 18.0 Å². The van der Waals surface area contributed by atoms with Crippen molar-refractivity contribution in [3.8, 4) is 11.5 Å². The van der Waals surface area contributed by atoms with Gasteiger partial charge in [-0.05, 0) is 53.3 Å². The first-order chi connectivity index (χ1) is 18.6. The zero-order valence-corrected chi connectivity index (χ0v) is 22.6. The standard InChI is InChI=1S/C30H36N2O5S/c1-3-15-31(18-24(33)21-36-20-23-7-5-4-6-8-23)19-30(34)32-16-13-29-27(14-17-38-29)28(32)22-37-26-11-9-25(35-2)10-12-26/h3-12,14,17,24,28,33H,1,13,15-16,18-22H2,2H3/t24-,28+/m1/s1. The quantitative estimate of drug-likeness (QED) is 0.310. The maximum atomic E-state index is 13.6. The molecule has 4 rings (SSSR count). The molecule has 0 spiro atoms. The van der Waals surface area contributed by atoms with E-state index in [-0.39, 0.29) is 25.1 Å². The van der Waals surface area contributed by atoms with Gasteiger partial charge in [-0.25, -0.2) is 0 Å². The number of aliphatic hydroxyl groups is 1. The third-order valence-electron chi connectivity index (χ3n) is 6.52. The smallest absolute Gasteiger partial charge is 0.237 e. The van der Waals surface area contributed by atoms with Crippen molar-refractivity contribution in [1.29, 1.82) is 0 Å². The molecule has 202 valence electrons. The van der Waals surface area contributed by atoms with Gasteiger partial charge in [-0.15, -0.1) is 17.9 Å². The number of amides is 1. The third-order valence-corrected chi connectivity index (χ3v) is 7.52. The van der Waals surface area contributed by atoms with Crippen LogP contribution in [0.5, 0.6) is 11.5 Å². The second-order valence-electron chi connectivity index (χ2n) is 9.28. The SMILES string of the molecule is C=CCN(CC(=O)N1CCc2sccc2[C@@H]1COc1ccc(OC)cc1)C[C@@H](O)COCc1ccccc1. The van der Waals surface area contributed by atoms with Crippen molar-refractivity contribution in [3.63, 3.8) is 0 Å². The van der Waals surface area contributed by atoms with Crippen LogP contribution in [0.2, 0.25) is 0 Å². The summed E-state index contributed by atoms with van der Waals surface area (Å²) in [6, 6.07) is 19.2. The molecule has 0 fully saturated rings. The van der Waals surface area contributed by atoms with E-state index in [9.17, 15) is 9.90 Å². The molecule has 0 radical (unpaired) electrons. The van der Waals surface area contributed by atoms with E-state index in [1.54, 1.807) is 24.5 Å². The number of hydrogen-bond acceptors (Lipinski definition) is 7. The van der Waals surface area contributed by atoms with Crippen LogP contribution in [0.3, 0.4) is 0 Å². The normalized spacial score (nSPS) is 15.7. The molecule has 2 heterocycles. The van der Waals surface area contributed by atoms with Crippen LogP contribution in [-0.2, 0) is 22.6 Å². The number of rotatable bonds is 14. The topological polar surface area (TPSA) is 71.5 Å². The minimum absolute atomic E-state index is 0.00411. The average Bonchev–Trinajstić information content (AvgIpc) is 3.42. The summed E-state index contributed by atoms with van der Waals surface area (Å²) in [5.74, 6) is 1.50. The predicted octanol–water partition coefficient (Wildman–Crippen LogP) is 4.33. The van der Waals surface area contributed by atoms with Gasteiger partial charge in [-0.2, -0.15) is 0 Å². The van der Waals surface area contributed by atoms with E-state index < -0.39 is 6.10 Å². The van der Waals surface area contributed by atoms with Gasteiger partial charge in [0.05, 0.1) is 39.0 Å². The van der Waals surface area contributed by atoms with Crippen LogP contribution in [0.15, 0.2) is 78.7 Å². The largest absolute Gasteiger partial charge is 0.497 e. The lowest BCUT2D eigenvalue weighted by Crippen LogP contribution is -2.48. The van der Waals surface area contributed by atoms with Crippen molar-refractivity contribution in [2.75, 3.05) is 46.5 Å². The maximum absolute atomic E-state index is 13.6. The van der Waals surface area contributed by atoms with E-state index in [4.69, 9.17) is 14.2 Å². The van der Waals surface area contributed by atoms with Crippen LogP contribution in [-0.4, -0.2) is 73.4 Å². The molecule has 0 saturated carbocycles. The highest BCUT2D eigenvalue weighted by atomic mass is 32.1. The highest BCUT2D eigenvalue weighted by Gasteiger charge is 2.33. The molecule has 7 nitrogen and oxygen atoms in total. The molecule has 0 bridgehead atoms. The molecule has 0 saturated heterocycles. The second kappa shape index (κ2) is 14.1. The van der Waals surface area contributed by atoms with Gasteiger partial charge in [0.25, 0.3) is 0 Å². The molecular formula is C30H36N2O5S. The predicted molar refractivity (Wildman–Crippen MR) is 150 cm³/mol. The molecule has 0 unspecified atom stereocenters. The van der Waals surface area contributed by atoms with Crippen LogP contribution in [0.1, 0.15) is 22.0 Å². The Kier molecular flexibility index (Phi) is 10.3. The highest BCUT2D eigenvalue weighted by molar-refractivity contribution is 7.10. The number of nitrogens with zero attached hydrogens (tertiary/aromatic N) is 2. The Balaban J connectivity index is 1.35. The number of thiophene rings is 1. The van der Waals surface area contributed by atoms with Gasteiger partial charge in [0.15, 0.2) is 0 Å². The number of hydrogen-bond donors (Lipinski definition) is 1. The van der Waals surface area contributed by atoms with Crippen LogP contribution in [0, 0.1) is 0 Å². The van der Waals surface area contributed by atoms with Crippen LogP contribution in [0.25, 0.3) is 0 Å². The Morgan fingerprint density at radius 3 is 2.68 bits per heavy atom. The lowest BCUT2D eigenvalue weighted by molar-refractivity contribution is -0.136. The van der Waals surface area contributed by atoms with Gasteiger partial charge >= 0.3 is 0 Å². The fraction of sp³-hybridized carbons (Fsp3) is 0.367. The van der Waals surface area contributed by atoms with Gasteiger partial charge < -0.3 is 24.2 Å². The van der Waals surface area contributed by atoms with Gasteiger partial charge in [-0.3, -0.25) is 9.69 Å². The molecule has 2 atom stereocenters. The van der Waals surface area contributed by atoms with Crippen molar-refractivity contribution < 1.29 is 24.1 Å². The molecule has 1 N–H and O–H groups in total. The number of carbonyl (C=O) groups excluding carboxylic acids is 1. The van der Waals surface area contributed by atoms with E-state index in [0.29, 0.717) is 32.8 Å². The highest BCUT2D eigenvalue weighted by Crippen LogP contribution is 2.34. The zero-order chi connectivity index (χ0) is 26.7. The molecule has 1 aliphatic rings. The van der Waals surface area contributed by atoms with Gasteiger partial charge in [0.1, 0.15) is 18.1 Å². The first-order valence-electron chi connectivity index (χ1n) is 12.8. The maximum Gasteiger partial charge on any atom is 0.237 e. The van der Waals surface area contributed by atoms with E-state index in [1.165, 1.54) is 4.88 Å². The van der Waals surface area contributed by atoms with Crippen LogP contribution in [0.4, 0.5) is 0 Å². The number of fused-ring (bicyclic) bond motifs is 1. The Hall–Kier alpha value is -3.17. The summed E-state index contributed by atoms with van der Waals surface area (Å²) in [5, 5.41) is 12.7. The first-order valence-corrected chi connectivity index (χ1v) is 13.7. The summed E-state index contributed by atoms with van der Waals surface area (Å²) >= 11 is 1.73. The fourth-order valence-corrected chi connectivity index (χ4v) is 5.56. The monoisotopic (exact) mass is 536 g/mol. The number of carbonyl (C=O) groups is 1. The number of benzene rings is 2. The summed E-state index contributed by atoms with van der Waals surface area (Å²) in [5.41, 5.74) is 2.20. The average molecular weight is 537 g/mol. The molecule has 0 aliphatic carbocycles. The van der Waals surface area contributed by atoms with Crippen LogP contribution >= 0.6 is 11.3 Å². The summed E-state index contributed by atoms with van der Waals surface area (Å²) in [6.07, 6.45) is 1.86. The van der Waals surface area contributed by atoms with E-state index in [0.717, 1.165) is 29.0 Å². The van der Waals surface area contributed by atoms with E-state index >= 15 is 0 Å². The van der Waals surface area contributed by atoms with Crippen molar-refractivity contribution in [3.05, 3.63) is 94.7 Å². The molecule has 1 amide bonds. The fourth-order valence-electron chi connectivity index (χ4n) is 4.63. The lowest BCUT2D eigenvalue weighted by Gasteiger charge is -2.37. The molecule has 38 heavy (non-hydrogen) atoms. The minimum Gasteiger partial charge on any atom is -0.497 e. The summed E-state index contributed by atoms with van der Waals surface area (Å²) in [7, 11) is 1.63. The summed E-state index contributed by atoms with van der Waals surface area (Å²) < 4.78 is 17.0. The Morgan fingerprint density at radius 2 is 1.95 bits per heavy atom. The van der Waals surface area contributed by atoms with Crippen LogP contribution < -0.4 is 9.47 Å². The zero-order valence-electron chi connectivity index (χ0n) is 21.8. The summed E-state index contributed by atoms with van der Waals surface area (Å²) in [6.45, 7) is 6.44. The molecular weight excluding hydrogens is 500 g/mol. The molecule has 3 aromatic rings. The third kappa shape index (κ3) is 7.68. The lowest BCUT2D eigenvalue weighted by atomic mass is 10.0. The van der Waals surface area contributed by atoms with Gasteiger partial charge in [0, 0.05) is 24.5 Å². The molecule has 1 aliphatic heterocycles. The van der Waals surface area contributed by atoms with Gasteiger partial charge in [0.2, 0.25) is 5.91 Å². The molecule has 2 aromatic carbocycles. The number of aliphatic hydroxyl groups excluding tert-OH is 1. The van der Waals surface area contributed by atoms with Gasteiger partial charge in [-0.1, -0.05) is 36.4 Å². The van der Waals surface area contributed by atoms with E-state index in [1.807, 2.05) is 64.4 Å². The minimum atomic E-state index is -0.717. The Labute approximate surface area is 228 Å². The summed E-state index contributed by atoms with van der Waals surface area (Å²) in [4.78, 5) is 18.7. The number of ether oxygens (including phenoxy) is 3. The Bertz CT molecular complexity index is 1150. The van der Waals surface area contributed by atoms with Crippen molar-refractivity contribution >= 4 is 17.2 Å². The molecule has 8 heteroatoms.